The van der Waals surface area contributed by atoms with Crippen molar-refractivity contribution >= 4 is 59.1 Å². The van der Waals surface area contributed by atoms with Crippen LogP contribution in [0.25, 0.3) is 14.8 Å². The molecule has 2 aromatic heterocycles. The van der Waals surface area contributed by atoms with E-state index in [1.165, 1.54) is 11.3 Å². The minimum Gasteiger partial charge on any atom is -0.0348 e. The molecule has 0 aliphatic carbocycles. The first-order valence-electron chi connectivity index (χ1n) is 10.2. The Kier molecular flexibility index (Phi) is 6.64. The van der Waals surface area contributed by atoms with E-state index < -0.39 is 0 Å². The van der Waals surface area contributed by atoms with Gasteiger partial charge < -0.3 is 4.74 Å². The zero-order chi connectivity index (χ0) is 23.5. The average Bonchev–Trinajstić information content (AvgIpc) is 3.48. The molecule has 1 amide bonds. The van der Waals surface area contributed by atoms with Crippen molar-refractivity contribution in [2.24, 2.45) is 0 Å². The molecule has 0 aliphatic rings. The third-order valence-electron chi connectivity index (χ3n) is 4.99. The number of carbonyl (C=O) groups excluding carboxylic acids is 1. The summed E-state index contributed by atoms with van der Waals surface area (Å²) >= 11 is 2.87. The van der Waals surface area contributed by atoms with E-state index in [1.807, 2.05) is 48.5 Å². The van der Waals surface area contributed by atoms with Crippen LogP contribution in [0.3, 0.4) is 0 Å². The van der Waals surface area contributed by atoms with Gasteiger partial charge >= 0.3 is 162 Å². The Hall–Kier alpha value is -3.17. The maximum Gasteiger partial charge on any atom is -0.0179 e. The first-order chi connectivity index (χ1) is 16.6. The normalized spacial score (nSPS) is 11.0. The molecule has 0 fully saturated rings. The van der Waals surface area contributed by atoms with Gasteiger partial charge in [0.25, 0.3) is 0 Å². The molecule has 34 heavy (non-hydrogen) atoms. The Morgan fingerprint density at radius 1 is 1.06 bits per heavy atom. The maximum atomic E-state index is 12.7. The number of thioether (sulfide) groups is 1. The predicted octanol–water partition coefficient (Wildman–Crippen LogP) is 4.45. The number of ether oxygens (including phenoxy) is 1. The first-order valence-corrected chi connectivity index (χ1v) is 13.7. The number of nitrogens with zero attached hydrogens (tertiary/aromatic N) is 3. The second-order valence-electron chi connectivity index (χ2n) is 7.21. The number of nitrogens with one attached hydrogen (secondary N) is 1. The number of carbonyl (C=O) groups is 1. The molecule has 5 rings (SSSR count). The fourth-order valence-corrected chi connectivity index (χ4v) is 7.21. The Bertz CT molecular complexity index is 1510. The number of rotatable bonds is 7. The third-order valence-corrected chi connectivity index (χ3v) is 9.61. The molecule has 0 aliphatic heterocycles. The van der Waals surface area contributed by atoms with Gasteiger partial charge in [0.05, 0.1) is 7.11 Å². The largest absolute Gasteiger partial charge is 0.0348 e. The smallest absolute Gasteiger partial charge is 0.0179 e. The number of methoxy groups -OCH3 is 1. The quantitative estimate of drug-likeness (QED) is 0.237. The molecule has 170 valence electrons. The summed E-state index contributed by atoms with van der Waals surface area (Å²) in [7, 11) is 1.60. The molecule has 1 N–H and O–H groups in total. The molecular weight excluding hydrogens is 535 g/mol. The monoisotopic (exact) mass is 554 g/mol. The van der Waals surface area contributed by atoms with E-state index in [4.69, 9.17) is 4.74 Å². The van der Waals surface area contributed by atoms with E-state index in [-0.39, 0.29) is 26.2 Å². The summed E-state index contributed by atoms with van der Waals surface area (Å²) in [5, 5.41) is 12.8. The Labute approximate surface area is 209 Å². The minimum atomic E-state index is -0.170. The molecule has 10 heteroatoms. The Balaban J connectivity index is 1.21. The zero-order valence-corrected chi connectivity index (χ0v) is 21.3. The third kappa shape index (κ3) is 4.85. The Morgan fingerprint density at radius 3 is 2.56 bits per heavy atom. The SMILES string of the molecule is COc1ccc(NC(=O)c2ccc(CSc3nnc(-n4[se]c5ccccc5c4=O)s3)cc2)cc1. The summed E-state index contributed by atoms with van der Waals surface area (Å²) < 4.78 is 8.74. The van der Waals surface area contributed by atoms with Gasteiger partial charge in [-0.25, -0.2) is 0 Å². The molecule has 2 heterocycles. The minimum absolute atomic E-state index is 0.00759. The number of fused-ring (bicyclic) bond motifs is 1. The van der Waals surface area contributed by atoms with E-state index in [9.17, 15) is 9.59 Å². The van der Waals surface area contributed by atoms with E-state index in [0.29, 0.717) is 22.1 Å². The van der Waals surface area contributed by atoms with Crippen LogP contribution in [0, 0.1) is 0 Å². The summed E-state index contributed by atoms with van der Waals surface area (Å²) in [6.45, 7) is 0. The van der Waals surface area contributed by atoms with Gasteiger partial charge in [0.1, 0.15) is 5.75 Å². The van der Waals surface area contributed by atoms with Crippen molar-refractivity contribution in [2.45, 2.75) is 10.1 Å². The Morgan fingerprint density at radius 2 is 1.82 bits per heavy atom. The van der Waals surface area contributed by atoms with Crippen molar-refractivity contribution in [3.63, 3.8) is 0 Å². The molecule has 0 unspecified atom stereocenters. The summed E-state index contributed by atoms with van der Waals surface area (Å²) in [5.41, 5.74) is 2.35. The van der Waals surface area contributed by atoms with Crippen LogP contribution in [-0.4, -0.2) is 41.5 Å². The van der Waals surface area contributed by atoms with Gasteiger partial charge in [-0.05, 0) is 24.3 Å². The summed E-state index contributed by atoms with van der Waals surface area (Å²) in [4.78, 5) is 25.2. The molecular formula is C24H18N4O3S2Se. The van der Waals surface area contributed by atoms with Gasteiger partial charge in [0.2, 0.25) is 0 Å². The number of hydrogen-bond acceptors (Lipinski definition) is 7. The van der Waals surface area contributed by atoms with E-state index in [0.717, 1.165) is 25.3 Å². The second-order valence-corrected chi connectivity index (χ2v) is 11.5. The maximum absolute atomic E-state index is 12.7. The fraction of sp³-hybridized carbons (Fsp3) is 0.0833. The van der Waals surface area contributed by atoms with Gasteiger partial charge in [-0.1, -0.05) is 0 Å². The molecule has 0 bridgehead atoms. The molecule has 0 atom stereocenters. The number of anilines is 1. The van der Waals surface area contributed by atoms with Gasteiger partial charge in [-0.15, -0.1) is 0 Å². The van der Waals surface area contributed by atoms with Crippen molar-refractivity contribution in [1.29, 1.82) is 0 Å². The first kappa shape index (κ1) is 22.6. The molecule has 0 saturated carbocycles. The van der Waals surface area contributed by atoms with Crippen molar-refractivity contribution < 1.29 is 9.53 Å². The molecule has 5 aromatic rings. The zero-order valence-electron chi connectivity index (χ0n) is 17.9. The predicted molar refractivity (Wildman–Crippen MR) is 137 cm³/mol. The van der Waals surface area contributed by atoms with Crippen LogP contribution in [-0.2, 0) is 5.75 Å². The summed E-state index contributed by atoms with van der Waals surface area (Å²) in [6, 6.07) is 22.4. The van der Waals surface area contributed by atoms with E-state index in [1.54, 1.807) is 46.7 Å². The van der Waals surface area contributed by atoms with Crippen molar-refractivity contribution in [3.8, 4) is 10.9 Å². The van der Waals surface area contributed by atoms with Crippen LogP contribution in [0.1, 0.15) is 15.9 Å². The summed E-state index contributed by atoms with van der Waals surface area (Å²) in [5.74, 6) is 1.26. The van der Waals surface area contributed by atoms with Gasteiger partial charge in [0, 0.05) is 5.69 Å². The molecule has 0 radical (unpaired) electrons. The fourth-order valence-electron chi connectivity index (χ4n) is 3.22. The van der Waals surface area contributed by atoms with Crippen LogP contribution in [0.4, 0.5) is 5.69 Å². The molecule has 7 nitrogen and oxygen atoms in total. The number of benzene rings is 3. The van der Waals surface area contributed by atoms with Crippen LogP contribution in [0.15, 0.2) is 81.9 Å². The van der Waals surface area contributed by atoms with Crippen molar-refractivity contribution in [2.75, 3.05) is 12.4 Å². The van der Waals surface area contributed by atoms with E-state index in [2.05, 4.69) is 15.5 Å². The standard InChI is InChI=1S/C24H18N4O3S2Se/c1-31-18-12-10-17(11-13-18)25-21(29)16-8-6-15(7-9-16)14-32-24-27-26-23(33-24)28-22(30)19-4-2-3-5-20(19)34-28/h2-13H,14H2,1H3,(H,25,29). The van der Waals surface area contributed by atoms with Crippen LogP contribution < -0.4 is 15.6 Å². The van der Waals surface area contributed by atoms with Crippen molar-refractivity contribution in [1.82, 2.24) is 13.8 Å². The average molecular weight is 554 g/mol. The molecule has 0 spiro atoms. The topological polar surface area (TPSA) is 86.1 Å². The van der Waals surface area contributed by atoms with Gasteiger partial charge in [0.15, 0.2) is 0 Å². The number of aromatic nitrogens is 3. The van der Waals surface area contributed by atoms with Crippen LogP contribution in [0.5, 0.6) is 5.75 Å². The van der Waals surface area contributed by atoms with Gasteiger partial charge in [-0.2, -0.15) is 0 Å². The molecule has 3 aromatic carbocycles. The van der Waals surface area contributed by atoms with Crippen LogP contribution >= 0.6 is 23.1 Å². The van der Waals surface area contributed by atoms with Crippen molar-refractivity contribution in [3.05, 3.63) is 94.3 Å². The van der Waals surface area contributed by atoms with Crippen LogP contribution in [0.2, 0.25) is 0 Å². The van der Waals surface area contributed by atoms with E-state index >= 15 is 0 Å². The molecule has 0 saturated heterocycles. The number of hydrogen-bond donors (Lipinski definition) is 1. The van der Waals surface area contributed by atoms with Gasteiger partial charge in [-0.3, -0.25) is 0 Å². The second kappa shape index (κ2) is 9.98. The summed E-state index contributed by atoms with van der Waals surface area (Å²) in [6.07, 6.45) is 0. The number of amides is 1.